The fraction of sp³-hybridized carbons (Fsp3) is 0.382. The van der Waals surface area contributed by atoms with Gasteiger partial charge in [0.05, 0.1) is 24.0 Å². The Balaban J connectivity index is 1.33. The lowest BCUT2D eigenvalue weighted by Gasteiger charge is -2.42. The summed E-state index contributed by atoms with van der Waals surface area (Å²) in [5, 5.41) is 6.27. The molecule has 41 heavy (non-hydrogen) atoms. The number of carbonyl (C=O) groups excluding carboxylic acids is 3. The molecule has 3 amide bonds. The van der Waals surface area contributed by atoms with Crippen molar-refractivity contribution in [1.82, 2.24) is 15.5 Å². The van der Waals surface area contributed by atoms with E-state index in [-0.39, 0.29) is 29.7 Å². The van der Waals surface area contributed by atoms with Gasteiger partial charge in [0, 0.05) is 25.7 Å². The number of fused-ring (bicyclic) bond motifs is 1. The zero-order valence-corrected chi connectivity index (χ0v) is 23.9. The number of nitrogens with one attached hydrogen (secondary N) is 2. The number of methoxy groups -OCH3 is 1. The molecule has 7 heteroatoms. The number of piperidine rings is 1. The SMILES string of the molecule is CCCNC(=O)C1(c2ccccc2)CCC(C(=O)N2CCC(NC(=O)c3ccccc3OC)CC2)c2ccccc21. The van der Waals surface area contributed by atoms with Crippen molar-refractivity contribution in [2.75, 3.05) is 26.7 Å². The molecule has 214 valence electrons. The van der Waals surface area contributed by atoms with Gasteiger partial charge in [-0.2, -0.15) is 0 Å². The normalized spacial score (nSPS) is 20.5. The Bertz CT molecular complexity index is 1380. The maximum absolute atomic E-state index is 14.0. The van der Waals surface area contributed by atoms with Crippen LogP contribution in [0.4, 0.5) is 0 Å². The van der Waals surface area contributed by atoms with E-state index in [0.29, 0.717) is 56.6 Å². The molecule has 0 spiro atoms. The molecule has 1 heterocycles. The monoisotopic (exact) mass is 553 g/mol. The second-order valence-corrected chi connectivity index (χ2v) is 11.0. The van der Waals surface area contributed by atoms with Crippen LogP contribution in [-0.2, 0) is 15.0 Å². The number of rotatable bonds is 8. The van der Waals surface area contributed by atoms with Crippen LogP contribution >= 0.6 is 0 Å². The molecule has 3 aromatic rings. The Morgan fingerprint density at radius 3 is 2.32 bits per heavy atom. The van der Waals surface area contributed by atoms with Crippen molar-refractivity contribution in [3.63, 3.8) is 0 Å². The average molecular weight is 554 g/mol. The molecule has 1 saturated heterocycles. The van der Waals surface area contributed by atoms with Gasteiger partial charge in [-0.3, -0.25) is 14.4 Å². The number of carbonyl (C=O) groups is 3. The fourth-order valence-corrected chi connectivity index (χ4v) is 6.44. The van der Waals surface area contributed by atoms with Gasteiger partial charge in [0.25, 0.3) is 5.91 Å². The van der Waals surface area contributed by atoms with Crippen molar-refractivity contribution < 1.29 is 19.1 Å². The van der Waals surface area contributed by atoms with E-state index in [9.17, 15) is 14.4 Å². The maximum atomic E-state index is 14.0. The summed E-state index contributed by atoms with van der Waals surface area (Å²) in [5.74, 6) is 0.176. The van der Waals surface area contributed by atoms with Crippen LogP contribution in [0.3, 0.4) is 0 Å². The number of amides is 3. The lowest BCUT2D eigenvalue weighted by molar-refractivity contribution is -0.135. The number of ether oxygens (including phenoxy) is 1. The highest BCUT2D eigenvalue weighted by atomic mass is 16.5. The molecule has 7 nitrogen and oxygen atoms in total. The minimum absolute atomic E-state index is 0.00417. The van der Waals surface area contributed by atoms with Crippen molar-refractivity contribution in [2.24, 2.45) is 0 Å². The van der Waals surface area contributed by atoms with Crippen LogP contribution in [0.2, 0.25) is 0 Å². The van der Waals surface area contributed by atoms with E-state index in [1.165, 1.54) is 0 Å². The summed E-state index contributed by atoms with van der Waals surface area (Å²) >= 11 is 0. The van der Waals surface area contributed by atoms with Gasteiger partial charge in [-0.25, -0.2) is 0 Å². The van der Waals surface area contributed by atoms with Crippen molar-refractivity contribution >= 4 is 17.7 Å². The van der Waals surface area contributed by atoms with Crippen LogP contribution in [0.5, 0.6) is 5.75 Å². The summed E-state index contributed by atoms with van der Waals surface area (Å²) in [7, 11) is 1.56. The molecule has 0 bridgehead atoms. The molecule has 2 unspecified atom stereocenters. The van der Waals surface area contributed by atoms with Gasteiger partial charge in [-0.15, -0.1) is 0 Å². The first kappa shape index (κ1) is 28.4. The summed E-state index contributed by atoms with van der Waals surface area (Å²) in [6, 6.07) is 25.1. The largest absolute Gasteiger partial charge is 0.496 e. The zero-order valence-electron chi connectivity index (χ0n) is 23.9. The number of hydrogen-bond donors (Lipinski definition) is 2. The van der Waals surface area contributed by atoms with Crippen molar-refractivity contribution in [2.45, 2.75) is 56.4 Å². The minimum atomic E-state index is -0.834. The summed E-state index contributed by atoms with van der Waals surface area (Å²) in [5.41, 5.74) is 2.49. The highest BCUT2D eigenvalue weighted by Crippen LogP contribution is 2.48. The molecule has 2 atom stereocenters. The zero-order chi connectivity index (χ0) is 28.8. The highest BCUT2D eigenvalue weighted by Gasteiger charge is 2.48. The Morgan fingerprint density at radius 2 is 1.59 bits per heavy atom. The van der Waals surface area contributed by atoms with Gasteiger partial charge in [0.1, 0.15) is 5.75 Å². The lowest BCUT2D eigenvalue weighted by Crippen LogP contribution is -2.51. The van der Waals surface area contributed by atoms with E-state index >= 15 is 0 Å². The Morgan fingerprint density at radius 1 is 0.902 bits per heavy atom. The van der Waals surface area contributed by atoms with Crippen molar-refractivity contribution in [3.05, 3.63) is 101 Å². The maximum Gasteiger partial charge on any atom is 0.255 e. The fourth-order valence-electron chi connectivity index (χ4n) is 6.44. The molecular formula is C34H39N3O4. The van der Waals surface area contributed by atoms with E-state index in [2.05, 4.69) is 10.6 Å². The van der Waals surface area contributed by atoms with E-state index in [0.717, 1.165) is 23.1 Å². The first-order valence-corrected chi connectivity index (χ1v) is 14.7. The molecule has 2 aliphatic rings. The summed E-state index contributed by atoms with van der Waals surface area (Å²) < 4.78 is 5.34. The van der Waals surface area contributed by atoms with E-state index < -0.39 is 5.41 Å². The third kappa shape index (κ3) is 5.58. The third-order valence-electron chi connectivity index (χ3n) is 8.59. The predicted molar refractivity (Wildman–Crippen MR) is 159 cm³/mol. The number of para-hydroxylation sites is 1. The first-order valence-electron chi connectivity index (χ1n) is 14.7. The molecule has 0 aromatic heterocycles. The summed E-state index contributed by atoms with van der Waals surface area (Å²) in [6.45, 7) is 3.82. The van der Waals surface area contributed by atoms with E-state index in [4.69, 9.17) is 4.74 Å². The minimum Gasteiger partial charge on any atom is -0.496 e. The summed E-state index contributed by atoms with van der Waals surface area (Å²) in [4.78, 5) is 42.6. The quantitative estimate of drug-likeness (QED) is 0.419. The van der Waals surface area contributed by atoms with E-state index in [1.807, 2.05) is 78.6 Å². The smallest absolute Gasteiger partial charge is 0.255 e. The molecule has 1 aliphatic carbocycles. The number of benzene rings is 3. The van der Waals surface area contributed by atoms with Crippen molar-refractivity contribution in [3.8, 4) is 5.75 Å². The lowest BCUT2D eigenvalue weighted by atomic mass is 9.62. The average Bonchev–Trinajstić information content (AvgIpc) is 3.03. The number of hydrogen-bond acceptors (Lipinski definition) is 4. The molecule has 0 radical (unpaired) electrons. The molecule has 1 aliphatic heterocycles. The van der Waals surface area contributed by atoms with Crippen LogP contribution in [0.15, 0.2) is 78.9 Å². The number of nitrogens with zero attached hydrogens (tertiary/aromatic N) is 1. The van der Waals surface area contributed by atoms with Gasteiger partial charge < -0.3 is 20.3 Å². The second-order valence-electron chi connectivity index (χ2n) is 11.0. The predicted octanol–water partition coefficient (Wildman–Crippen LogP) is 4.81. The molecule has 0 saturated carbocycles. The van der Waals surface area contributed by atoms with Gasteiger partial charge in [0.2, 0.25) is 11.8 Å². The van der Waals surface area contributed by atoms with E-state index in [1.54, 1.807) is 19.2 Å². The summed E-state index contributed by atoms with van der Waals surface area (Å²) in [6.07, 6.45) is 3.39. The molecular weight excluding hydrogens is 514 g/mol. The van der Waals surface area contributed by atoms with Crippen LogP contribution in [0, 0.1) is 0 Å². The highest BCUT2D eigenvalue weighted by molar-refractivity contribution is 5.97. The topological polar surface area (TPSA) is 87.7 Å². The van der Waals surface area contributed by atoms with Gasteiger partial charge in [0.15, 0.2) is 0 Å². The molecule has 1 fully saturated rings. The van der Waals surface area contributed by atoms with Gasteiger partial charge in [-0.05, 0) is 60.9 Å². The Labute approximate surface area is 242 Å². The van der Waals surface area contributed by atoms with Gasteiger partial charge >= 0.3 is 0 Å². The molecule has 2 N–H and O–H groups in total. The van der Waals surface area contributed by atoms with Crippen molar-refractivity contribution in [1.29, 1.82) is 0 Å². The second kappa shape index (κ2) is 12.6. The number of likely N-dealkylation sites (tertiary alicyclic amines) is 1. The molecule has 5 rings (SSSR count). The van der Waals surface area contributed by atoms with Crippen LogP contribution in [-0.4, -0.2) is 55.4 Å². The van der Waals surface area contributed by atoms with Gasteiger partial charge in [-0.1, -0.05) is 73.7 Å². The van der Waals surface area contributed by atoms with Crippen LogP contribution < -0.4 is 15.4 Å². The Kier molecular flexibility index (Phi) is 8.72. The van der Waals surface area contributed by atoms with Crippen LogP contribution in [0.1, 0.15) is 72.0 Å². The standard InChI is InChI=1S/C34H39N3O4/c1-3-21-35-33(40)34(24-11-5-4-6-12-24)20-17-27(26-13-7-9-15-29(26)34)32(39)37-22-18-25(19-23-37)36-31(38)28-14-8-10-16-30(28)41-2/h4-16,25,27H,3,17-23H2,1-2H3,(H,35,40)(H,36,38). The van der Waals surface area contributed by atoms with Crippen LogP contribution in [0.25, 0.3) is 0 Å². The molecule has 3 aromatic carbocycles. The Hall–Kier alpha value is -4.13. The first-order chi connectivity index (χ1) is 20.0. The third-order valence-corrected chi connectivity index (χ3v) is 8.59.